The van der Waals surface area contributed by atoms with Crippen LogP contribution in [0.15, 0.2) is 0 Å². The quantitative estimate of drug-likeness (QED) is 0.572. The van der Waals surface area contributed by atoms with E-state index in [0.29, 0.717) is 19.6 Å². The molecule has 0 spiro atoms. The molecule has 6 nitrogen and oxygen atoms in total. The summed E-state index contributed by atoms with van der Waals surface area (Å²) in [5.74, 6) is -0.897. The predicted octanol–water partition coefficient (Wildman–Crippen LogP) is 0.705. The van der Waals surface area contributed by atoms with E-state index in [4.69, 9.17) is 15.6 Å². The number of ether oxygens (including phenoxy) is 1. The van der Waals surface area contributed by atoms with E-state index in [1.54, 1.807) is 0 Å². The fraction of sp³-hybridized carbons (Fsp3) is 0.818. The smallest absolute Gasteiger partial charge is 0.407 e. The number of aliphatic carboxylic acids is 1. The second-order valence-corrected chi connectivity index (χ2v) is 4.45. The van der Waals surface area contributed by atoms with Gasteiger partial charge in [-0.3, -0.25) is 4.79 Å². The van der Waals surface area contributed by atoms with E-state index < -0.39 is 17.6 Å². The minimum absolute atomic E-state index is 0.0356. The summed E-state index contributed by atoms with van der Waals surface area (Å²) in [4.78, 5) is 21.8. The number of carboxylic acid groups (broad SMARTS) is 1. The largest absolute Gasteiger partial charge is 0.480 e. The van der Waals surface area contributed by atoms with E-state index in [2.05, 4.69) is 5.32 Å². The van der Waals surface area contributed by atoms with Gasteiger partial charge in [0.05, 0.1) is 6.61 Å². The van der Waals surface area contributed by atoms with Crippen LogP contribution < -0.4 is 11.1 Å². The summed E-state index contributed by atoms with van der Waals surface area (Å²) in [5, 5.41) is 11.4. The van der Waals surface area contributed by atoms with Gasteiger partial charge < -0.3 is 20.9 Å². The van der Waals surface area contributed by atoms with Crippen LogP contribution in [0.4, 0.5) is 4.79 Å². The first-order valence-corrected chi connectivity index (χ1v) is 5.93. The lowest BCUT2D eigenvalue weighted by Crippen LogP contribution is -2.35. The highest BCUT2D eigenvalue weighted by Crippen LogP contribution is 2.44. The monoisotopic (exact) mass is 244 g/mol. The number of hydrogen-bond acceptors (Lipinski definition) is 4. The average molecular weight is 244 g/mol. The molecule has 0 aromatic rings. The van der Waals surface area contributed by atoms with Crippen molar-refractivity contribution in [2.45, 2.75) is 38.1 Å². The lowest BCUT2D eigenvalue weighted by atomic mass is 10.1. The molecule has 0 aliphatic heterocycles. The average Bonchev–Trinajstić information content (AvgIpc) is 2.95. The van der Waals surface area contributed by atoms with E-state index in [1.807, 2.05) is 6.92 Å². The molecule has 0 aromatic carbocycles. The standard InChI is InChI=1S/C11H20N2O4/c1-2-6-17-10(16)13-5-3-4-8-7-11(8,12)9(14)15/h8H,2-7,12H2,1H3,(H,13,16)(H,14,15)/t8?,11-/m1/s1. The summed E-state index contributed by atoms with van der Waals surface area (Å²) >= 11 is 0. The number of hydrogen-bond donors (Lipinski definition) is 3. The molecule has 2 atom stereocenters. The lowest BCUT2D eigenvalue weighted by molar-refractivity contribution is -0.140. The molecule has 1 aliphatic carbocycles. The summed E-state index contributed by atoms with van der Waals surface area (Å²) < 4.78 is 4.82. The lowest BCUT2D eigenvalue weighted by Gasteiger charge is -2.07. The van der Waals surface area contributed by atoms with Crippen LogP contribution in [0.25, 0.3) is 0 Å². The molecular formula is C11H20N2O4. The first kappa shape index (κ1) is 13.8. The van der Waals surface area contributed by atoms with Gasteiger partial charge in [0.15, 0.2) is 0 Å². The summed E-state index contributed by atoms with van der Waals surface area (Å²) in [6, 6.07) is 0. The van der Waals surface area contributed by atoms with Gasteiger partial charge in [-0.1, -0.05) is 6.92 Å². The van der Waals surface area contributed by atoms with Crippen LogP contribution in [0.1, 0.15) is 32.6 Å². The predicted molar refractivity (Wildman–Crippen MR) is 61.5 cm³/mol. The van der Waals surface area contributed by atoms with Crippen LogP contribution in [0.5, 0.6) is 0 Å². The van der Waals surface area contributed by atoms with Gasteiger partial charge in [0.2, 0.25) is 0 Å². The van der Waals surface area contributed by atoms with Gasteiger partial charge in [-0.2, -0.15) is 0 Å². The van der Waals surface area contributed by atoms with Crippen molar-refractivity contribution in [2.24, 2.45) is 11.7 Å². The highest BCUT2D eigenvalue weighted by Gasteiger charge is 2.56. The zero-order valence-corrected chi connectivity index (χ0v) is 10.1. The van der Waals surface area contributed by atoms with Gasteiger partial charge in [0.25, 0.3) is 0 Å². The summed E-state index contributed by atoms with van der Waals surface area (Å²) in [6.07, 6.45) is 2.35. The number of amides is 1. The Hall–Kier alpha value is -1.30. The Bertz CT molecular complexity index is 295. The molecule has 4 N–H and O–H groups in total. The SMILES string of the molecule is CCCOC(=O)NCCCC1C[C@]1(N)C(=O)O. The molecule has 0 saturated heterocycles. The van der Waals surface area contributed by atoms with Crippen LogP contribution in [0.2, 0.25) is 0 Å². The topological polar surface area (TPSA) is 102 Å². The molecule has 1 fully saturated rings. The summed E-state index contributed by atoms with van der Waals surface area (Å²) in [5.41, 5.74) is 4.60. The number of carbonyl (C=O) groups is 2. The summed E-state index contributed by atoms with van der Waals surface area (Å²) in [6.45, 7) is 2.83. The molecule has 98 valence electrons. The van der Waals surface area contributed by atoms with Crippen LogP contribution in [-0.4, -0.2) is 35.9 Å². The Balaban J connectivity index is 2.03. The number of nitrogens with two attached hydrogens (primary N) is 1. The molecule has 1 saturated carbocycles. The number of nitrogens with one attached hydrogen (secondary N) is 1. The fourth-order valence-corrected chi connectivity index (χ4v) is 1.76. The van der Waals surface area contributed by atoms with E-state index in [-0.39, 0.29) is 5.92 Å². The third kappa shape index (κ3) is 3.89. The van der Waals surface area contributed by atoms with Gasteiger partial charge in [-0.25, -0.2) is 4.79 Å². The molecule has 0 heterocycles. The molecule has 6 heteroatoms. The van der Waals surface area contributed by atoms with Gasteiger partial charge in [-0.05, 0) is 31.6 Å². The van der Waals surface area contributed by atoms with E-state index in [9.17, 15) is 9.59 Å². The van der Waals surface area contributed by atoms with E-state index >= 15 is 0 Å². The minimum Gasteiger partial charge on any atom is -0.480 e. The Kier molecular flexibility index (Phi) is 4.74. The molecule has 1 unspecified atom stereocenters. The summed E-state index contributed by atoms with van der Waals surface area (Å²) in [7, 11) is 0. The van der Waals surface area contributed by atoms with E-state index in [1.165, 1.54) is 0 Å². The molecule has 1 amide bonds. The second kappa shape index (κ2) is 5.86. The molecule has 1 rings (SSSR count). The maximum atomic E-state index is 11.0. The van der Waals surface area contributed by atoms with Crippen molar-refractivity contribution < 1.29 is 19.4 Å². The van der Waals surface area contributed by atoms with Gasteiger partial charge in [0.1, 0.15) is 5.54 Å². The van der Waals surface area contributed by atoms with Gasteiger partial charge in [-0.15, -0.1) is 0 Å². The van der Waals surface area contributed by atoms with Crippen LogP contribution in [0, 0.1) is 5.92 Å². The van der Waals surface area contributed by atoms with Crippen molar-refractivity contribution in [3.05, 3.63) is 0 Å². The van der Waals surface area contributed by atoms with Crippen molar-refractivity contribution in [3.63, 3.8) is 0 Å². The first-order chi connectivity index (χ1) is 8.00. The second-order valence-electron chi connectivity index (χ2n) is 4.45. The Morgan fingerprint density at radius 2 is 2.29 bits per heavy atom. The maximum Gasteiger partial charge on any atom is 0.407 e. The fourth-order valence-electron chi connectivity index (χ4n) is 1.76. The maximum absolute atomic E-state index is 11.0. The molecule has 0 radical (unpaired) electrons. The molecule has 0 aromatic heterocycles. The van der Waals surface area contributed by atoms with Crippen molar-refractivity contribution >= 4 is 12.1 Å². The number of carbonyl (C=O) groups excluding carboxylic acids is 1. The third-order valence-corrected chi connectivity index (χ3v) is 2.99. The highest BCUT2D eigenvalue weighted by atomic mass is 16.5. The normalized spacial score (nSPS) is 26.4. The Labute approximate surface area is 101 Å². The van der Waals surface area contributed by atoms with Crippen LogP contribution in [-0.2, 0) is 9.53 Å². The van der Waals surface area contributed by atoms with Crippen molar-refractivity contribution in [2.75, 3.05) is 13.2 Å². The minimum atomic E-state index is -1.03. The zero-order valence-electron chi connectivity index (χ0n) is 10.1. The van der Waals surface area contributed by atoms with Crippen LogP contribution in [0.3, 0.4) is 0 Å². The third-order valence-electron chi connectivity index (χ3n) is 2.99. The van der Waals surface area contributed by atoms with Gasteiger partial charge >= 0.3 is 12.1 Å². The Morgan fingerprint density at radius 1 is 1.59 bits per heavy atom. The molecule has 0 bridgehead atoms. The van der Waals surface area contributed by atoms with E-state index in [0.717, 1.165) is 19.3 Å². The van der Waals surface area contributed by atoms with Crippen molar-refractivity contribution in [3.8, 4) is 0 Å². The zero-order chi connectivity index (χ0) is 12.9. The molecular weight excluding hydrogens is 224 g/mol. The Morgan fingerprint density at radius 3 is 2.82 bits per heavy atom. The van der Waals surface area contributed by atoms with Gasteiger partial charge in [0, 0.05) is 6.54 Å². The highest BCUT2D eigenvalue weighted by molar-refractivity contribution is 5.82. The van der Waals surface area contributed by atoms with Crippen molar-refractivity contribution in [1.29, 1.82) is 0 Å². The number of alkyl carbamates (subject to hydrolysis) is 1. The first-order valence-electron chi connectivity index (χ1n) is 5.93. The molecule has 1 aliphatic rings. The number of rotatable bonds is 7. The van der Waals surface area contributed by atoms with Crippen LogP contribution >= 0.6 is 0 Å². The molecule has 17 heavy (non-hydrogen) atoms. The van der Waals surface area contributed by atoms with Crippen molar-refractivity contribution in [1.82, 2.24) is 5.32 Å². The number of carboxylic acids is 1.